The van der Waals surface area contributed by atoms with E-state index in [1.54, 1.807) is 48.5 Å². The van der Waals surface area contributed by atoms with E-state index in [0.717, 1.165) is 40.7 Å². The average molecular weight is 836 g/mol. The minimum Gasteiger partial charge on any atom is -0.497 e. The van der Waals surface area contributed by atoms with Crippen LogP contribution in [0.3, 0.4) is 0 Å². The Kier molecular flexibility index (Phi) is 15.3. The average Bonchev–Trinajstić information content (AvgIpc) is 4.08. The highest BCUT2D eigenvalue weighted by Gasteiger charge is 2.38. The lowest BCUT2D eigenvalue weighted by Gasteiger charge is -2.19. The Hall–Kier alpha value is -6.94. The summed E-state index contributed by atoms with van der Waals surface area (Å²) < 4.78 is 27.3. The number of esters is 1. The third-order valence-electron chi connectivity index (χ3n) is 10.2. The van der Waals surface area contributed by atoms with Crippen molar-refractivity contribution >= 4 is 35.7 Å². The Bertz CT molecular complexity index is 2150. The van der Waals surface area contributed by atoms with Gasteiger partial charge in [0.05, 0.1) is 27.3 Å². The van der Waals surface area contributed by atoms with Gasteiger partial charge in [0.1, 0.15) is 44.0 Å². The molecule has 2 aliphatic rings. The van der Waals surface area contributed by atoms with Crippen molar-refractivity contribution in [2.24, 2.45) is 5.92 Å². The predicted molar refractivity (Wildman–Crippen MR) is 221 cm³/mol. The quantitative estimate of drug-likeness (QED) is 0.0609. The lowest BCUT2D eigenvalue weighted by Crippen LogP contribution is -2.52. The first-order valence-electron chi connectivity index (χ1n) is 19.9. The van der Waals surface area contributed by atoms with Gasteiger partial charge in [-0.25, -0.2) is 9.59 Å². The summed E-state index contributed by atoms with van der Waals surface area (Å²) in [7, 11) is 3.04. The van der Waals surface area contributed by atoms with Crippen LogP contribution in [-0.2, 0) is 51.2 Å². The van der Waals surface area contributed by atoms with Crippen LogP contribution in [0.4, 0.5) is 4.79 Å². The van der Waals surface area contributed by atoms with E-state index in [1.807, 2.05) is 48.5 Å². The van der Waals surface area contributed by atoms with Gasteiger partial charge in [-0.2, -0.15) is 0 Å². The minimum absolute atomic E-state index is 0.0494. The zero-order chi connectivity index (χ0) is 43.1. The van der Waals surface area contributed by atoms with Crippen molar-refractivity contribution in [3.05, 3.63) is 119 Å². The lowest BCUT2D eigenvalue weighted by atomic mass is 9.98. The Morgan fingerprint density at radius 1 is 0.672 bits per heavy atom. The van der Waals surface area contributed by atoms with Crippen molar-refractivity contribution in [2.45, 2.75) is 43.9 Å². The largest absolute Gasteiger partial charge is 0.497 e. The molecule has 0 aromatic heterocycles. The second kappa shape index (κ2) is 21.4. The summed E-state index contributed by atoms with van der Waals surface area (Å²) in [6.45, 7) is -1.66. The van der Waals surface area contributed by atoms with E-state index in [2.05, 4.69) is 26.6 Å². The second-order valence-electron chi connectivity index (χ2n) is 14.4. The molecule has 16 nitrogen and oxygen atoms in total. The van der Waals surface area contributed by atoms with Crippen LogP contribution < -0.4 is 36.1 Å². The second-order valence-corrected chi connectivity index (χ2v) is 14.4. The van der Waals surface area contributed by atoms with Crippen molar-refractivity contribution in [3.63, 3.8) is 0 Å². The molecular weight excluding hydrogens is 787 g/mol. The first kappa shape index (κ1) is 43.6. The smallest absolute Gasteiger partial charge is 0.407 e. The van der Waals surface area contributed by atoms with Gasteiger partial charge < -0.3 is 50.3 Å². The fourth-order valence-electron chi connectivity index (χ4n) is 6.91. The highest BCUT2D eigenvalue weighted by molar-refractivity contribution is 5.92. The van der Waals surface area contributed by atoms with Crippen LogP contribution >= 0.6 is 0 Å². The SMILES string of the molecule is COc1ccc(COC(=O)[C@@H](OCNC(=O)CNC(=O)[C@H](Cc2ccccc2)NC(=O)CNC(=O)CNC(=O)OCC2c3ccccc3-c3ccccc32)C2CC2)c(OC)c1. The van der Waals surface area contributed by atoms with Crippen LogP contribution in [0.25, 0.3) is 11.1 Å². The van der Waals surface area contributed by atoms with Crippen molar-refractivity contribution in [1.82, 2.24) is 26.6 Å². The molecule has 0 aliphatic heterocycles. The first-order valence-corrected chi connectivity index (χ1v) is 19.9. The normalized spacial score (nSPS) is 13.6. The summed E-state index contributed by atoms with van der Waals surface area (Å²) in [5.41, 5.74) is 5.65. The van der Waals surface area contributed by atoms with Gasteiger partial charge in [0, 0.05) is 24.0 Å². The summed E-state index contributed by atoms with van der Waals surface area (Å²) in [4.78, 5) is 76.9. The Labute approximate surface area is 353 Å². The van der Waals surface area contributed by atoms with Crippen molar-refractivity contribution in [1.29, 1.82) is 0 Å². The number of alkyl carbamates (subject to hydrolysis) is 1. The van der Waals surface area contributed by atoms with E-state index in [-0.39, 0.29) is 38.2 Å². The number of fused-ring (bicyclic) bond motifs is 3. The Balaban J connectivity index is 0.911. The van der Waals surface area contributed by atoms with E-state index >= 15 is 0 Å². The molecule has 0 radical (unpaired) electrons. The molecule has 2 aliphatic carbocycles. The number of carbonyl (C=O) groups excluding carboxylic acids is 6. The number of rotatable bonds is 21. The summed E-state index contributed by atoms with van der Waals surface area (Å²) in [5, 5.41) is 12.5. The molecule has 320 valence electrons. The van der Waals surface area contributed by atoms with Crippen LogP contribution in [0.5, 0.6) is 11.5 Å². The highest BCUT2D eigenvalue weighted by Crippen LogP contribution is 2.44. The molecule has 5 amide bonds. The predicted octanol–water partition coefficient (Wildman–Crippen LogP) is 3.11. The van der Waals surface area contributed by atoms with E-state index in [0.29, 0.717) is 17.1 Å². The highest BCUT2D eigenvalue weighted by atomic mass is 16.6. The van der Waals surface area contributed by atoms with Gasteiger partial charge in [-0.15, -0.1) is 0 Å². The standard InChI is InChI=1S/C45H49N5O11/c1-57-31-19-18-30(38(21-31)58-2)25-59-44(55)42(29-16-17-29)61-27-49-40(52)22-47-43(54)37(20-28-10-4-3-5-11-28)50-41(53)24-46-39(51)23-48-45(56)60-26-36-34-14-8-6-12-32(34)33-13-7-9-15-35(33)36/h3-15,18-19,21,29,36-37,42H,16-17,20,22-27H2,1-2H3,(H,46,51)(H,47,54)(H,48,56)(H,49,52)(H,50,53)/t37-,42-/m0/s1. The number of benzene rings is 4. The van der Waals surface area contributed by atoms with Gasteiger partial charge in [0.25, 0.3) is 0 Å². The maximum atomic E-state index is 13.3. The van der Waals surface area contributed by atoms with Crippen LogP contribution in [-0.4, -0.2) is 95.0 Å². The number of hydrogen-bond acceptors (Lipinski definition) is 11. The number of amides is 5. The molecule has 0 saturated heterocycles. The number of ether oxygens (including phenoxy) is 5. The molecule has 1 saturated carbocycles. The number of nitrogens with one attached hydrogen (secondary N) is 5. The number of carbonyl (C=O) groups is 6. The summed E-state index contributed by atoms with van der Waals surface area (Å²) >= 11 is 0. The zero-order valence-electron chi connectivity index (χ0n) is 33.9. The molecule has 4 aromatic carbocycles. The first-order chi connectivity index (χ1) is 29.6. The van der Waals surface area contributed by atoms with E-state index < -0.39 is 67.5 Å². The van der Waals surface area contributed by atoms with Gasteiger partial charge in [-0.3, -0.25) is 19.2 Å². The Morgan fingerprint density at radius 2 is 1.31 bits per heavy atom. The van der Waals surface area contributed by atoms with E-state index in [1.165, 1.54) is 14.2 Å². The molecule has 0 unspecified atom stereocenters. The molecule has 0 bridgehead atoms. The lowest BCUT2D eigenvalue weighted by molar-refractivity contribution is -0.161. The van der Waals surface area contributed by atoms with Gasteiger partial charge in [-0.05, 0) is 58.7 Å². The van der Waals surface area contributed by atoms with Crippen LogP contribution in [0.1, 0.15) is 41.0 Å². The summed E-state index contributed by atoms with van der Waals surface area (Å²) in [6.07, 6.45) is -0.0516. The number of hydrogen-bond donors (Lipinski definition) is 5. The molecular formula is C45H49N5O11. The molecule has 61 heavy (non-hydrogen) atoms. The third-order valence-corrected chi connectivity index (χ3v) is 10.2. The zero-order valence-corrected chi connectivity index (χ0v) is 33.9. The maximum Gasteiger partial charge on any atom is 0.407 e. The molecule has 0 heterocycles. The maximum absolute atomic E-state index is 13.3. The molecule has 2 atom stereocenters. The fraction of sp³-hybridized carbons (Fsp3) is 0.333. The molecule has 4 aromatic rings. The van der Waals surface area contributed by atoms with E-state index in [4.69, 9.17) is 23.7 Å². The number of methoxy groups -OCH3 is 2. The van der Waals surface area contributed by atoms with Crippen LogP contribution in [0.2, 0.25) is 0 Å². The summed E-state index contributed by atoms with van der Waals surface area (Å²) in [6, 6.07) is 28.8. The van der Waals surface area contributed by atoms with Crippen molar-refractivity contribution in [3.8, 4) is 22.6 Å². The molecule has 5 N–H and O–H groups in total. The molecule has 0 spiro atoms. The van der Waals surface area contributed by atoms with Gasteiger partial charge >= 0.3 is 12.1 Å². The summed E-state index contributed by atoms with van der Waals surface area (Å²) in [5.74, 6) is -2.25. The third kappa shape index (κ3) is 12.3. The monoisotopic (exact) mass is 835 g/mol. The van der Waals surface area contributed by atoms with Gasteiger partial charge in [-0.1, -0.05) is 78.9 Å². The fourth-order valence-corrected chi connectivity index (χ4v) is 6.91. The minimum atomic E-state index is -1.10. The van der Waals surface area contributed by atoms with Crippen LogP contribution in [0, 0.1) is 5.92 Å². The van der Waals surface area contributed by atoms with Crippen molar-refractivity contribution in [2.75, 3.05) is 47.2 Å². The topological polar surface area (TPSA) is 209 Å². The molecule has 16 heteroatoms. The van der Waals surface area contributed by atoms with Crippen LogP contribution in [0.15, 0.2) is 97.1 Å². The van der Waals surface area contributed by atoms with Gasteiger partial charge in [0.2, 0.25) is 23.6 Å². The van der Waals surface area contributed by atoms with E-state index in [9.17, 15) is 28.8 Å². The van der Waals surface area contributed by atoms with Gasteiger partial charge in [0.15, 0.2) is 6.10 Å². The molecule has 6 rings (SSSR count). The van der Waals surface area contributed by atoms with Crippen molar-refractivity contribution < 1.29 is 52.5 Å². The molecule has 1 fully saturated rings. The Morgan fingerprint density at radius 3 is 1.98 bits per heavy atom.